The minimum Gasteiger partial charge on any atom is -0.496 e. The van der Waals surface area contributed by atoms with Gasteiger partial charge in [0.1, 0.15) is 5.75 Å². The number of benzene rings is 1. The molecule has 0 saturated carbocycles. The summed E-state index contributed by atoms with van der Waals surface area (Å²) in [6.07, 6.45) is 1.41. The summed E-state index contributed by atoms with van der Waals surface area (Å²) in [7, 11) is 6.90. The number of rotatable bonds is 5. The Balaban J connectivity index is 1.67. The molecule has 28 heavy (non-hydrogen) atoms. The van der Waals surface area contributed by atoms with Crippen LogP contribution in [0.25, 0.3) is 0 Å². The zero-order valence-corrected chi connectivity index (χ0v) is 17.5. The van der Waals surface area contributed by atoms with Crippen LogP contribution in [-0.4, -0.2) is 85.9 Å². The van der Waals surface area contributed by atoms with Gasteiger partial charge in [-0.3, -0.25) is 4.90 Å². The average Bonchev–Trinajstić information content (AvgIpc) is 2.68. The first-order valence-electron chi connectivity index (χ1n) is 9.92. The van der Waals surface area contributed by atoms with Crippen molar-refractivity contribution < 1.29 is 19.4 Å². The highest BCUT2D eigenvalue weighted by molar-refractivity contribution is 5.74. The molecule has 0 radical (unpaired) electrons. The number of likely N-dealkylation sites (tertiary alicyclic amines) is 2. The van der Waals surface area contributed by atoms with E-state index in [0.717, 1.165) is 37.4 Å². The van der Waals surface area contributed by atoms with Crippen LogP contribution in [-0.2, 0) is 17.9 Å². The molecule has 7 nitrogen and oxygen atoms in total. The van der Waals surface area contributed by atoms with Crippen molar-refractivity contribution in [3.05, 3.63) is 29.3 Å². The minimum absolute atomic E-state index is 0.0264. The Morgan fingerprint density at radius 1 is 1.25 bits per heavy atom. The maximum Gasteiger partial charge on any atom is 0.319 e. The normalized spacial score (nSPS) is 25.3. The van der Waals surface area contributed by atoms with E-state index in [0.29, 0.717) is 26.1 Å². The zero-order chi connectivity index (χ0) is 20.3. The molecule has 0 bridgehead atoms. The van der Waals surface area contributed by atoms with E-state index in [9.17, 15) is 9.90 Å². The fourth-order valence-electron chi connectivity index (χ4n) is 4.43. The lowest BCUT2D eigenvalue weighted by Gasteiger charge is -2.50. The maximum atomic E-state index is 12.3. The van der Waals surface area contributed by atoms with E-state index in [1.807, 2.05) is 11.0 Å². The first kappa shape index (κ1) is 20.9. The third-order valence-corrected chi connectivity index (χ3v) is 6.06. The van der Waals surface area contributed by atoms with E-state index in [4.69, 9.17) is 9.47 Å². The smallest absolute Gasteiger partial charge is 0.319 e. The number of aliphatic hydroxyl groups is 1. The molecule has 2 heterocycles. The van der Waals surface area contributed by atoms with E-state index in [2.05, 4.69) is 17.0 Å². The molecular weight excluding hydrogens is 358 g/mol. The molecule has 7 heteroatoms. The second-order valence-corrected chi connectivity index (χ2v) is 8.24. The lowest BCUT2D eigenvalue weighted by molar-refractivity contribution is -0.108. The molecule has 0 aliphatic carbocycles. The third-order valence-electron chi connectivity index (χ3n) is 6.06. The largest absolute Gasteiger partial charge is 0.496 e. The van der Waals surface area contributed by atoms with E-state index >= 15 is 0 Å². The lowest BCUT2D eigenvalue weighted by atomic mass is 9.75. The van der Waals surface area contributed by atoms with Crippen molar-refractivity contribution in [3.63, 3.8) is 0 Å². The Labute approximate surface area is 167 Å². The molecule has 156 valence electrons. The van der Waals surface area contributed by atoms with Crippen LogP contribution in [0.2, 0.25) is 0 Å². The topological polar surface area (TPSA) is 65.5 Å². The molecule has 2 aliphatic heterocycles. The number of carbonyl (C=O) groups excluding carboxylic acids is 1. The molecule has 0 unspecified atom stereocenters. The minimum atomic E-state index is -0.652. The molecule has 1 N–H and O–H groups in total. The summed E-state index contributed by atoms with van der Waals surface area (Å²) in [4.78, 5) is 18.2. The first-order chi connectivity index (χ1) is 13.4. The summed E-state index contributed by atoms with van der Waals surface area (Å²) < 4.78 is 10.7. The Bertz CT molecular complexity index is 696. The standard InChI is InChI=1S/C21H33N3O4/c1-22(2)20(25)24-10-8-21(26)7-9-23(13-18(21)14-24)12-16-5-6-19(28-4)17(11-16)15-27-3/h5-6,11,18,26H,7-10,12-15H2,1-4H3/t18-,21-/m1/s1. The molecule has 1 aromatic carbocycles. The highest BCUT2D eigenvalue weighted by atomic mass is 16.5. The van der Waals surface area contributed by atoms with E-state index in [-0.39, 0.29) is 11.9 Å². The number of methoxy groups -OCH3 is 2. The Hall–Kier alpha value is -1.83. The van der Waals surface area contributed by atoms with Crippen molar-refractivity contribution in [2.75, 3.05) is 54.5 Å². The Kier molecular flexibility index (Phi) is 6.47. The quantitative estimate of drug-likeness (QED) is 0.829. The van der Waals surface area contributed by atoms with Gasteiger partial charge in [0, 0.05) is 65.4 Å². The zero-order valence-electron chi connectivity index (χ0n) is 17.5. The van der Waals surface area contributed by atoms with Gasteiger partial charge in [-0.05, 0) is 30.5 Å². The van der Waals surface area contributed by atoms with Gasteiger partial charge >= 0.3 is 6.03 Å². The SMILES string of the molecule is COCc1cc(CN2CC[C@@]3(O)CCN(C(=O)N(C)C)C[C@H]3C2)ccc1OC. The third kappa shape index (κ3) is 4.42. The van der Waals surface area contributed by atoms with Crippen LogP contribution in [0.5, 0.6) is 5.75 Å². The van der Waals surface area contributed by atoms with Gasteiger partial charge in [-0.25, -0.2) is 4.79 Å². The van der Waals surface area contributed by atoms with Gasteiger partial charge in [0.2, 0.25) is 0 Å². The molecule has 2 saturated heterocycles. The number of urea groups is 1. The molecule has 0 spiro atoms. The molecule has 3 rings (SSSR count). The maximum absolute atomic E-state index is 12.3. The number of hydrogen-bond acceptors (Lipinski definition) is 5. The summed E-state index contributed by atoms with van der Waals surface area (Å²) in [6, 6.07) is 6.23. The van der Waals surface area contributed by atoms with Crippen LogP contribution in [0.4, 0.5) is 4.79 Å². The van der Waals surface area contributed by atoms with Gasteiger partial charge in [-0.2, -0.15) is 0 Å². The highest BCUT2D eigenvalue weighted by Crippen LogP contribution is 2.36. The number of nitrogens with zero attached hydrogens (tertiary/aromatic N) is 3. The summed E-state index contributed by atoms with van der Waals surface area (Å²) in [5.41, 5.74) is 1.59. The van der Waals surface area contributed by atoms with Crippen LogP contribution < -0.4 is 4.74 Å². The van der Waals surface area contributed by atoms with Crippen LogP contribution in [0, 0.1) is 5.92 Å². The summed E-state index contributed by atoms with van der Waals surface area (Å²) in [6.45, 7) is 4.22. The number of carbonyl (C=O) groups is 1. The molecule has 2 atom stereocenters. The first-order valence-corrected chi connectivity index (χ1v) is 9.92. The number of piperidine rings is 2. The summed E-state index contributed by atoms with van der Waals surface area (Å²) in [5, 5.41) is 11.1. The number of fused-ring (bicyclic) bond motifs is 1. The second kappa shape index (κ2) is 8.68. The van der Waals surface area contributed by atoms with Crippen molar-refractivity contribution in [2.24, 2.45) is 5.92 Å². The van der Waals surface area contributed by atoms with Gasteiger partial charge in [-0.1, -0.05) is 6.07 Å². The summed E-state index contributed by atoms with van der Waals surface area (Å²) >= 11 is 0. The van der Waals surface area contributed by atoms with Crippen LogP contribution in [0.15, 0.2) is 18.2 Å². The number of ether oxygens (including phenoxy) is 2. The fourth-order valence-corrected chi connectivity index (χ4v) is 4.43. The van der Waals surface area contributed by atoms with Crippen molar-refractivity contribution in [1.29, 1.82) is 0 Å². The van der Waals surface area contributed by atoms with Crippen molar-refractivity contribution in [3.8, 4) is 5.75 Å². The molecule has 0 aromatic heterocycles. The predicted molar refractivity (Wildman–Crippen MR) is 107 cm³/mol. The van der Waals surface area contributed by atoms with Gasteiger partial charge in [-0.15, -0.1) is 0 Å². The van der Waals surface area contributed by atoms with Gasteiger partial charge in [0.05, 0.1) is 19.3 Å². The van der Waals surface area contributed by atoms with Crippen molar-refractivity contribution in [2.45, 2.75) is 31.6 Å². The second-order valence-electron chi connectivity index (χ2n) is 8.24. The fraction of sp³-hybridized carbons (Fsp3) is 0.667. The van der Waals surface area contributed by atoms with Crippen LogP contribution in [0.1, 0.15) is 24.0 Å². The lowest BCUT2D eigenvalue weighted by Crippen LogP contribution is -2.61. The number of amides is 2. The molecule has 2 amide bonds. The van der Waals surface area contributed by atoms with Gasteiger partial charge in [0.15, 0.2) is 0 Å². The Morgan fingerprint density at radius 3 is 2.68 bits per heavy atom. The van der Waals surface area contributed by atoms with Crippen molar-refractivity contribution >= 4 is 6.03 Å². The number of hydrogen-bond donors (Lipinski definition) is 1. The summed E-state index contributed by atoms with van der Waals surface area (Å²) in [5.74, 6) is 0.916. The monoisotopic (exact) mass is 391 g/mol. The molecule has 2 aliphatic rings. The predicted octanol–water partition coefficient (Wildman–Crippen LogP) is 1.78. The highest BCUT2D eigenvalue weighted by Gasteiger charge is 2.46. The van der Waals surface area contributed by atoms with E-state index in [1.54, 1.807) is 33.2 Å². The molecular formula is C21H33N3O4. The van der Waals surface area contributed by atoms with Crippen molar-refractivity contribution in [1.82, 2.24) is 14.7 Å². The van der Waals surface area contributed by atoms with E-state index in [1.165, 1.54) is 5.56 Å². The Morgan fingerprint density at radius 2 is 2.00 bits per heavy atom. The van der Waals surface area contributed by atoms with Crippen LogP contribution >= 0.6 is 0 Å². The average molecular weight is 392 g/mol. The molecule has 2 fully saturated rings. The van der Waals surface area contributed by atoms with Crippen LogP contribution in [0.3, 0.4) is 0 Å². The van der Waals surface area contributed by atoms with Gasteiger partial charge < -0.3 is 24.4 Å². The van der Waals surface area contributed by atoms with Gasteiger partial charge in [0.25, 0.3) is 0 Å². The molecule has 1 aromatic rings. The van der Waals surface area contributed by atoms with E-state index < -0.39 is 5.60 Å².